The van der Waals surface area contributed by atoms with Gasteiger partial charge in [0, 0.05) is 5.69 Å². The predicted molar refractivity (Wildman–Crippen MR) is 113 cm³/mol. The smallest absolute Gasteiger partial charge is 0.333 e. The minimum Gasteiger partial charge on any atom is -0.460 e. The molecule has 0 aliphatic carbocycles. The van der Waals surface area contributed by atoms with Gasteiger partial charge in [-0.3, -0.25) is 0 Å². The van der Waals surface area contributed by atoms with Crippen LogP contribution in [0.4, 0.5) is 10.1 Å². The molecule has 0 aliphatic heterocycles. The van der Waals surface area contributed by atoms with Crippen molar-refractivity contribution in [1.82, 2.24) is 0 Å². The first-order chi connectivity index (χ1) is 13.6. The predicted octanol–water partition coefficient (Wildman–Crippen LogP) is 6.52. The Labute approximate surface area is 168 Å². The van der Waals surface area contributed by atoms with Crippen molar-refractivity contribution in [1.29, 1.82) is 0 Å². The molecule has 0 aliphatic rings. The molecule has 152 valence electrons. The maximum Gasteiger partial charge on any atom is 0.333 e. The third-order valence-electron chi connectivity index (χ3n) is 5.04. The lowest BCUT2D eigenvalue weighted by Crippen LogP contribution is -2.31. The van der Waals surface area contributed by atoms with Gasteiger partial charge in [0.1, 0.15) is 11.9 Å². The SMILES string of the molecule is CCCC(CCC)[C@H](CC)OC(=O)C(Nc1ccccc1)c1ccc(F)cc1. The fourth-order valence-electron chi connectivity index (χ4n) is 3.62. The standard InChI is InChI=1S/C24H32FNO2/c1-4-10-18(11-5-2)22(6-3)28-24(27)23(19-14-16-20(25)17-15-19)26-21-12-8-7-9-13-21/h7-9,12-18,22-23,26H,4-6,10-11H2,1-3H3/t22-,23?/m0/s1. The molecular weight excluding hydrogens is 353 g/mol. The van der Waals surface area contributed by atoms with E-state index in [4.69, 9.17) is 4.74 Å². The van der Waals surface area contributed by atoms with Crippen LogP contribution >= 0.6 is 0 Å². The largest absolute Gasteiger partial charge is 0.460 e. The van der Waals surface area contributed by atoms with Gasteiger partial charge in [-0.1, -0.05) is 63.9 Å². The van der Waals surface area contributed by atoms with Crippen molar-refractivity contribution in [3.05, 3.63) is 66.0 Å². The van der Waals surface area contributed by atoms with Crippen LogP contribution in [0.3, 0.4) is 0 Å². The van der Waals surface area contributed by atoms with Gasteiger partial charge in [0.05, 0.1) is 0 Å². The van der Waals surface area contributed by atoms with Crippen molar-refractivity contribution >= 4 is 11.7 Å². The number of carbonyl (C=O) groups excluding carboxylic acids is 1. The Morgan fingerprint density at radius 3 is 2.11 bits per heavy atom. The van der Waals surface area contributed by atoms with Crippen LogP contribution in [0.1, 0.15) is 64.5 Å². The zero-order valence-electron chi connectivity index (χ0n) is 17.2. The highest BCUT2D eigenvalue weighted by molar-refractivity contribution is 5.81. The number of anilines is 1. The van der Waals surface area contributed by atoms with Crippen LogP contribution in [0, 0.1) is 11.7 Å². The first kappa shape index (κ1) is 21.9. The third kappa shape index (κ3) is 6.36. The minimum absolute atomic E-state index is 0.104. The quantitative estimate of drug-likeness (QED) is 0.448. The van der Waals surface area contributed by atoms with Crippen LogP contribution in [0.15, 0.2) is 54.6 Å². The normalized spacial score (nSPS) is 13.2. The minimum atomic E-state index is -0.680. The number of carbonyl (C=O) groups is 1. The van der Waals surface area contributed by atoms with Crippen LogP contribution < -0.4 is 5.32 Å². The second-order valence-corrected chi connectivity index (χ2v) is 7.22. The number of halogens is 1. The molecule has 0 saturated carbocycles. The van der Waals surface area contributed by atoms with Gasteiger partial charge in [-0.2, -0.15) is 0 Å². The number of para-hydroxylation sites is 1. The summed E-state index contributed by atoms with van der Waals surface area (Å²) < 4.78 is 19.4. The highest BCUT2D eigenvalue weighted by Gasteiger charge is 2.28. The molecule has 1 unspecified atom stereocenters. The molecule has 0 fully saturated rings. The van der Waals surface area contributed by atoms with Crippen molar-refractivity contribution < 1.29 is 13.9 Å². The molecule has 0 bridgehead atoms. The molecule has 4 heteroatoms. The van der Waals surface area contributed by atoms with E-state index in [-0.39, 0.29) is 17.9 Å². The van der Waals surface area contributed by atoms with E-state index in [0.29, 0.717) is 11.5 Å². The van der Waals surface area contributed by atoms with E-state index in [1.54, 1.807) is 12.1 Å². The average molecular weight is 386 g/mol. The maximum absolute atomic E-state index is 13.4. The van der Waals surface area contributed by atoms with E-state index in [1.807, 2.05) is 30.3 Å². The van der Waals surface area contributed by atoms with Crippen molar-refractivity contribution in [3.63, 3.8) is 0 Å². The molecule has 2 aromatic rings. The Bertz CT molecular complexity index is 696. The lowest BCUT2D eigenvalue weighted by Gasteiger charge is -2.28. The zero-order chi connectivity index (χ0) is 20.4. The second kappa shape index (κ2) is 11.5. The lowest BCUT2D eigenvalue weighted by atomic mass is 9.91. The van der Waals surface area contributed by atoms with Crippen molar-refractivity contribution in [2.24, 2.45) is 5.92 Å². The number of benzene rings is 2. The molecule has 0 amide bonds. The Morgan fingerprint density at radius 2 is 1.57 bits per heavy atom. The molecular formula is C24H32FNO2. The second-order valence-electron chi connectivity index (χ2n) is 7.22. The number of rotatable bonds is 11. The van der Waals surface area contributed by atoms with Crippen molar-refractivity contribution in [2.45, 2.75) is 65.0 Å². The van der Waals surface area contributed by atoms with Gasteiger partial charge >= 0.3 is 5.97 Å². The van der Waals surface area contributed by atoms with Crippen molar-refractivity contribution in [3.8, 4) is 0 Å². The summed E-state index contributed by atoms with van der Waals surface area (Å²) >= 11 is 0. The topological polar surface area (TPSA) is 38.3 Å². The molecule has 2 atom stereocenters. The fourth-order valence-corrected chi connectivity index (χ4v) is 3.62. The summed E-state index contributed by atoms with van der Waals surface area (Å²) in [6.07, 6.45) is 4.93. The Hall–Kier alpha value is -2.36. The summed E-state index contributed by atoms with van der Waals surface area (Å²) in [4.78, 5) is 13.1. The van der Waals surface area contributed by atoms with Gasteiger partial charge < -0.3 is 10.1 Å². The Balaban J connectivity index is 2.22. The van der Waals surface area contributed by atoms with Crippen LogP contribution in [0.25, 0.3) is 0 Å². The van der Waals surface area contributed by atoms with Crippen LogP contribution in [0.2, 0.25) is 0 Å². The van der Waals surface area contributed by atoms with Gasteiger partial charge in [0.25, 0.3) is 0 Å². The van der Waals surface area contributed by atoms with E-state index in [9.17, 15) is 9.18 Å². The molecule has 0 spiro atoms. The summed E-state index contributed by atoms with van der Waals surface area (Å²) in [7, 11) is 0. The molecule has 1 N–H and O–H groups in total. The van der Waals surface area contributed by atoms with Crippen LogP contribution in [0.5, 0.6) is 0 Å². The number of ether oxygens (including phenoxy) is 1. The molecule has 2 aromatic carbocycles. The van der Waals surface area contributed by atoms with E-state index in [2.05, 4.69) is 26.1 Å². The van der Waals surface area contributed by atoms with E-state index >= 15 is 0 Å². The van der Waals surface area contributed by atoms with Gasteiger partial charge in [0.2, 0.25) is 0 Å². The molecule has 0 saturated heterocycles. The molecule has 0 radical (unpaired) electrons. The molecule has 2 rings (SSSR count). The summed E-state index contributed by atoms with van der Waals surface area (Å²) in [5.74, 6) is -0.276. The highest BCUT2D eigenvalue weighted by Crippen LogP contribution is 2.27. The zero-order valence-corrected chi connectivity index (χ0v) is 17.2. The third-order valence-corrected chi connectivity index (χ3v) is 5.04. The van der Waals surface area contributed by atoms with E-state index < -0.39 is 6.04 Å². The maximum atomic E-state index is 13.4. The van der Waals surface area contributed by atoms with Gasteiger partial charge in [-0.15, -0.1) is 0 Å². The number of nitrogens with one attached hydrogen (secondary N) is 1. The average Bonchev–Trinajstić information content (AvgIpc) is 2.71. The summed E-state index contributed by atoms with van der Waals surface area (Å²) in [6, 6.07) is 14.9. The van der Waals surface area contributed by atoms with Crippen molar-refractivity contribution in [2.75, 3.05) is 5.32 Å². The van der Waals surface area contributed by atoms with Gasteiger partial charge in [-0.05, 0) is 55.0 Å². The summed E-state index contributed by atoms with van der Waals surface area (Å²) in [5, 5.41) is 3.25. The van der Waals surface area contributed by atoms with Gasteiger partial charge in [0.15, 0.2) is 6.04 Å². The molecule has 0 heterocycles. The first-order valence-corrected chi connectivity index (χ1v) is 10.4. The first-order valence-electron chi connectivity index (χ1n) is 10.4. The van der Waals surface area contributed by atoms with Crippen LogP contribution in [-0.2, 0) is 9.53 Å². The van der Waals surface area contributed by atoms with E-state index in [0.717, 1.165) is 37.8 Å². The summed E-state index contributed by atoms with van der Waals surface area (Å²) in [6.45, 7) is 6.39. The fraction of sp³-hybridized carbons (Fsp3) is 0.458. The lowest BCUT2D eigenvalue weighted by molar-refractivity contribution is -0.153. The monoisotopic (exact) mass is 385 g/mol. The number of hydrogen-bond acceptors (Lipinski definition) is 3. The van der Waals surface area contributed by atoms with Crippen LogP contribution in [-0.4, -0.2) is 12.1 Å². The Morgan fingerprint density at radius 1 is 0.964 bits per heavy atom. The number of esters is 1. The van der Waals surface area contributed by atoms with E-state index in [1.165, 1.54) is 12.1 Å². The number of hydrogen-bond donors (Lipinski definition) is 1. The molecule has 28 heavy (non-hydrogen) atoms. The summed E-state index contributed by atoms with van der Waals surface area (Å²) in [5.41, 5.74) is 1.51. The van der Waals surface area contributed by atoms with Gasteiger partial charge in [-0.25, -0.2) is 9.18 Å². The Kier molecular flexibility index (Phi) is 8.99. The highest BCUT2D eigenvalue weighted by atomic mass is 19.1. The molecule has 0 aromatic heterocycles. The molecule has 3 nitrogen and oxygen atoms in total.